The molecule has 5 heteroatoms. The number of hydrogen-bond donors (Lipinski definition) is 0. The highest BCUT2D eigenvalue weighted by atomic mass is 32.2. The number of nitrogens with zero attached hydrogens (tertiary/aromatic N) is 1. The summed E-state index contributed by atoms with van der Waals surface area (Å²) in [5, 5.41) is -0.0377. The molecule has 3 aromatic rings. The fourth-order valence-corrected chi connectivity index (χ4v) is 4.20. The molecule has 0 radical (unpaired) electrons. The highest BCUT2D eigenvalue weighted by molar-refractivity contribution is 8.00. The van der Waals surface area contributed by atoms with E-state index in [0.717, 1.165) is 28.5 Å². The molecule has 0 N–H and O–H groups in total. The molecule has 0 bridgehead atoms. The van der Waals surface area contributed by atoms with E-state index in [1.807, 2.05) is 83.8 Å². The molecular formula is C22H19NO3S. The molecule has 1 fully saturated rings. The van der Waals surface area contributed by atoms with Gasteiger partial charge in [0.25, 0.3) is 0 Å². The topological polar surface area (TPSA) is 38.8 Å². The van der Waals surface area contributed by atoms with Crippen LogP contribution in [-0.2, 0) is 4.79 Å². The first-order valence-corrected chi connectivity index (χ1v) is 9.70. The Balaban J connectivity index is 1.55. The van der Waals surface area contributed by atoms with E-state index in [1.54, 1.807) is 18.9 Å². The molecule has 4 rings (SSSR count). The van der Waals surface area contributed by atoms with Crippen LogP contribution in [0.1, 0.15) is 10.9 Å². The Morgan fingerprint density at radius 2 is 1.48 bits per heavy atom. The van der Waals surface area contributed by atoms with Gasteiger partial charge in [-0.2, -0.15) is 0 Å². The van der Waals surface area contributed by atoms with Crippen LogP contribution in [0.5, 0.6) is 17.2 Å². The molecule has 1 aliphatic heterocycles. The Bertz CT molecular complexity index is 911. The van der Waals surface area contributed by atoms with Crippen molar-refractivity contribution in [2.75, 3.05) is 17.8 Å². The van der Waals surface area contributed by atoms with Crippen LogP contribution in [0.15, 0.2) is 78.9 Å². The minimum absolute atomic E-state index is 0.0377. The number of carbonyl (C=O) groups excluding carboxylic acids is 1. The summed E-state index contributed by atoms with van der Waals surface area (Å²) in [6.07, 6.45) is 0. The summed E-state index contributed by atoms with van der Waals surface area (Å²) in [5.74, 6) is 2.91. The van der Waals surface area contributed by atoms with E-state index in [0.29, 0.717) is 5.75 Å². The second-order valence-corrected chi connectivity index (χ2v) is 7.18. The quantitative estimate of drug-likeness (QED) is 0.607. The van der Waals surface area contributed by atoms with E-state index in [1.165, 1.54) is 0 Å². The van der Waals surface area contributed by atoms with Gasteiger partial charge < -0.3 is 9.47 Å². The van der Waals surface area contributed by atoms with Gasteiger partial charge in [-0.15, -0.1) is 11.8 Å². The molecule has 0 aromatic heterocycles. The van der Waals surface area contributed by atoms with Crippen LogP contribution in [0.4, 0.5) is 5.69 Å². The number of thioether (sulfide) groups is 1. The van der Waals surface area contributed by atoms with Crippen molar-refractivity contribution in [2.24, 2.45) is 0 Å². The molecule has 1 aliphatic rings. The van der Waals surface area contributed by atoms with E-state index in [2.05, 4.69) is 0 Å². The van der Waals surface area contributed by atoms with E-state index < -0.39 is 0 Å². The number of hydrogen-bond acceptors (Lipinski definition) is 4. The molecule has 4 nitrogen and oxygen atoms in total. The fourth-order valence-electron chi connectivity index (χ4n) is 3.02. The molecule has 1 amide bonds. The van der Waals surface area contributed by atoms with Crippen molar-refractivity contribution < 1.29 is 14.3 Å². The largest absolute Gasteiger partial charge is 0.497 e. The van der Waals surface area contributed by atoms with E-state index in [9.17, 15) is 4.79 Å². The van der Waals surface area contributed by atoms with Crippen LogP contribution in [-0.4, -0.2) is 18.8 Å². The third kappa shape index (κ3) is 3.78. The van der Waals surface area contributed by atoms with Gasteiger partial charge in [-0.3, -0.25) is 9.69 Å². The number of para-hydroxylation sites is 1. The molecule has 3 aromatic carbocycles. The Hall–Kier alpha value is -2.92. The van der Waals surface area contributed by atoms with E-state index in [-0.39, 0.29) is 11.3 Å². The summed E-state index contributed by atoms with van der Waals surface area (Å²) in [7, 11) is 1.65. The number of methoxy groups -OCH3 is 1. The number of benzene rings is 3. The summed E-state index contributed by atoms with van der Waals surface area (Å²) in [5.41, 5.74) is 1.95. The fraction of sp³-hybridized carbons (Fsp3) is 0.136. The van der Waals surface area contributed by atoms with Crippen LogP contribution in [0.25, 0.3) is 0 Å². The summed E-state index contributed by atoms with van der Waals surface area (Å²) in [6, 6.07) is 25.1. The minimum Gasteiger partial charge on any atom is -0.497 e. The average Bonchev–Trinajstić information content (AvgIpc) is 3.11. The Morgan fingerprint density at radius 3 is 2.15 bits per heavy atom. The number of anilines is 1. The number of carbonyl (C=O) groups is 1. The predicted molar refractivity (Wildman–Crippen MR) is 109 cm³/mol. The Morgan fingerprint density at radius 1 is 0.852 bits per heavy atom. The standard InChI is InChI=1S/C22H19NO3S/c1-25-18-11-7-16(8-12-18)22-23(21(24)15-27-22)17-9-13-20(14-10-17)26-19-5-3-2-4-6-19/h2-14,22H,15H2,1H3. The van der Waals surface area contributed by atoms with Gasteiger partial charge in [0.15, 0.2) is 0 Å². The van der Waals surface area contributed by atoms with Crippen molar-refractivity contribution >= 4 is 23.4 Å². The molecule has 1 unspecified atom stereocenters. The predicted octanol–water partition coefficient (Wildman–Crippen LogP) is 5.27. The molecule has 1 heterocycles. The van der Waals surface area contributed by atoms with Crippen molar-refractivity contribution in [1.29, 1.82) is 0 Å². The zero-order chi connectivity index (χ0) is 18.6. The lowest BCUT2D eigenvalue weighted by Gasteiger charge is -2.24. The Labute approximate surface area is 162 Å². The highest BCUT2D eigenvalue weighted by Crippen LogP contribution is 2.42. The number of rotatable bonds is 5. The van der Waals surface area contributed by atoms with E-state index >= 15 is 0 Å². The molecule has 27 heavy (non-hydrogen) atoms. The normalized spacial score (nSPS) is 16.4. The van der Waals surface area contributed by atoms with Crippen LogP contribution < -0.4 is 14.4 Å². The molecule has 0 aliphatic carbocycles. The molecule has 1 saturated heterocycles. The van der Waals surface area contributed by atoms with Gasteiger partial charge in [-0.1, -0.05) is 30.3 Å². The smallest absolute Gasteiger partial charge is 0.238 e. The molecule has 136 valence electrons. The Kier molecular flexibility index (Phi) is 5.03. The second kappa shape index (κ2) is 7.76. The third-order valence-electron chi connectivity index (χ3n) is 4.36. The van der Waals surface area contributed by atoms with Crippen molar-refractivity contribution in [3.05, 3.63) is 84.4 Å². The SMILES string of the molecule is COc1ccc(C2SCC(=O)N2c2ccc(Oc3ccccc3)cc2)cc1. The lowest BCUT2D eigenvalue weighted by atomic mass is 10.1. The first-order valence-electron chi connectivity index (χ1n) is 8.65. The zero-order valence-electron chi connectivity index (χ0n) is 14.9. The second-order valence-electron chi connectivity index (χ2n) is 6.11. The maximum Gasteiger partial charge on any atom is 0.238 e. The lowest BCUT2D eigenvalue weighted by Crippen LogP contribution is -2.27. The van der Waals surface area contributed by atoms with Gasteiger partial charge in [0, 0.05) is 5.69 Å². The lowest BCUT2D eigenvalue weighted by molar-refractivity contribution is -0.115. The minimum atomic E-state index is -0.0377. The van der Waals surface area contributed by atoms with Crippen LogP contribution in [0.3, 0.4) is 0 Å². The zero-order valence-corrected chi connectivity index (χ0v) is 15.7. The van der Waals surface area contributed by atoms with Gasteiger partial charge in [-0.25, -0.2) is 0 Å². The summed E-state index contributed by atoms with van der Waals surface area (Å²) in [6.45, 7) is 0. The molecule has 0 spiro atoms. The van der Waals surface area contributed by atoms with Crippen molar-refractivity contribution in [3.8, 4) is 17.2 Å². The van der Waals surface area contributed by atoms with Crippen LogP contribution >= 0.6 is 11.8 Å². The van der Waals surface area contributed by atoms with Crippen molar-refractivity contribution in [1.82, 2.24) is 0 Å². The van der Waals surface area contributed by atoms with Crippen molar-refractivity contribution in [2.45, 2.75) is 5.37 Å². The molecule has 1 atom stereocenters. The first kappa shape index (κ1) is 17.5. The molecular weight excluding hydrogens is 358 g/mol. The van der Waals surface area contributed by atoms with Crippen molar-refractivity contribution in [3.63, 3.8) is 0 Å². The van der Waals surface area contributed by atoms with Gasteiger partial charge in [0.05, 0.1) is 12.9 Å². The van der Waals surface area contributed by atoms with Gasteiger partial charge in [0.1, 0.15) is 22.6 Å². The highest BCUT2D eigenvalue weighted by Gasteiger charge is 2.34. The van der Waals surface area contributed by atoms with E-state index in [4.69, 9.17) is 9.47 Å². The van der Waals surface area contributed by atoms with Gasteiger partial charge in [-0.05, 0) is 54.1 Å². The number of amides is 1. The summed E-state index contributed by atoms with van der Waals surface area (Å²) >= 11 is 1.63. The number of ether oxygens (including phenoxy) is 2. The maximum absolute atomic E-state index is 12.5. The van der Waals surface area contributed by atoms with Crippen LogP contribution in [0.2, 0.25) is 0 Å². The monoisotopic (exact) mass is 377 g/mol. The van der Waals surface area contributed by atoms with Crippen LogP contribution in [0, 0.1) is 0 Å². The summed E-state index contributed by atoms with van der Waals surface area (Å²) < 4.78 is 11.1. The average molecular weight is 377 g/mol. The van der Waals surface area contributed by atoms with Gasteiger partial charge in [0.2, 0.25) is 5.91 Å². The first-order chi connectivity index (χ1) is 13.2. The summed E-state index contributed by atoms with van der Waals surface area (Å²) in [4.78, 5) is 14.4. The maximum atomic E-state index is 12.5. The third-order valence-corrected chi connectivity index (χ3v) is 5.57. The van der Waals surface area contributed by atoms with Gasteiger partial charge >= 0.3 is 0 Å². The molecule has 0 saturated carbocycles.